The third-order valence-electron chi connectivity index (χ3n) is 5.60. The zero-order valence-corrected chi connectivity index (χ0v) is 19.4. The minimum atomic E-state index is -3.44. The molecule has 3 N–H and O–H groups in total. The largest absolute Gasteiger partial charge is 0.381 e. The Hall–Kier alpha value is -2.54. The highest BCUT2D eigenvalue weighted by Gasteiger charge is 2.28. The smallest absolute Gasteiger partial charge is 0.251 e. The fourth-order valence-corrected chi connectivity index (χ4v) is 4.21. The number of carbonyl (C=O) groups is 1. The molecule has 31 heavy (non-hydrogen) atoms. The first-order valence-corrected chi connectivity index (χ1v) is 12.4. The van der Waals surface area contributed by atoms with Gasteiger partial charge in [-0.1, -0.05) is 31.4 Å². The van der Waals surface area contributed by atoms with Crippen molar-refractivity contribution in [2.45, 2.75) is 70.2 Å². The molecule has 1 fully saturated rings. The van der Waals surface area contributed by atoms with Crippen LogP contribution in [0.5, 0.6) is 0 Å². The van der Waals surface area contributed by atoms with Crippen LogP contribution in [-0.4, -0.2) is 25.1 Å². The van der Waals surface area contributed by atoms with Crippen LogP contribution < -0.4 is 15.4 Å². The van der Waals surface area contributed by atoms with Crippen LogP contribution in [0.2, 0.25) is 0 Å². The van der Waals surface area contributed by atoms with Crippen LogP contribution in [0.3, 0.4) is 0 Å². The molecule has 0 aromatic heterocycles. The van der Waals surface area contributed by atoms with Crippen LogP contribution in [0, 0.1) is 0 Å². The first kappa shape index (κ1) is 23.1. The SMILES string of the molecule is CC(C)(C)S(=O)(=O)Nc1ccc(CNc2ccc(C(=O)NC3CCCCC3)cc2)cc1. The molecule has 0 spiro atoms. The van der Waals surface area contributed by atoms with Crippen LogP contribution in [0.4, 0.5) is 11.4 Å². The number of carbonyl (C=O) groups excluding carboxylic acids is 1. The molecule has 6 nitrogen and oxygen atoms in total. The van der Waals surface area contributed by atoms with Crippen molar-refractivity contribution in [3.8, 4) is 0 Å². The second-order valence-corrected chi connectivity index (χ2v) is 11.6. The molecule has 0 atom stereocenters. The van der Waals surface area contributed by atoms with Gasteiger partial charge in [-0.25, -0.2) is 8.42 Å². The average Bonchev–Trinajstić information content (AvgIpc) is 2.73. The Morgan fingerprint density at radius 1 is 0.903 bits per heavy atom. The van der Waals surface area contributed by atoms with Crippen molar-refractivity contribution >= 4 is 27.3 Å². The standard InChI is InChI=1S/C24H33N3O3S/c1-24(2,3)31(29,30)27-22-13-9-18(10-14-22)17-25-20-15-11-19(12-16-20)23(28)26-21-7-5-4-6-8-21/h9-16,21,25,27H,4-8,17H2,1-3H3,(H,26,28). The van der Waals surface area contributed by atoms with Crippen molar-refractivity contribution in [2.24, 2.45) is 0 Å². The molecule has 0 heterocycles. The number of hydrogen-bond donors (Lipinski definition) is 3. The summed E-state index contributed by atoms with van der Waals surface area (Å²) in [6.07, 6.45) is 5.79. The van der Waals surface area contributed by atoms with Crippen molar-refractivity contribution in [2.75, 3.05) is 10.0 Å². The van der Waals surface area contributed by atoms with E-state index in [1.54, 1.807) is 32.9 Å². The van der Waals surface area contributed by atoms with Crippen molar-refractivity contribution in [1.29, 1.82) is 0 Å². The maximum absolute atomic E-state index is 12.4. The van der Waals surface area contributed by atoms with Gasteiger partial charge in [0.05, 0.1) is 4.75 Å². The summed E-state index contributed by atoms with van der Waals surface area (Å²) in [7, 11) is -3.44. The number of amides is 1. The lowest BCUT2D eigenvalue weighted by molar-refractivity contribution is 0.0927. The molecule has 0 bridgehead atoms. The van der Waals surface area contributed by atoms with Gasteiger partial charge in [0.1, 0.15) is 0 Å². The molecule has 2 aromatic carbocycles. The summed E-state index contributed by atoms with van der Waals surface area (Å²) in [5, 5.41) is 6.46. The lowest BCUT2D eigenvalue weighted by atomic mass is 9.95. The summed E-state index contributed by atoms with van der Waals surface area (Å²) in [6.45, 7) is 5.59. The van der Waals surface area contributed by atoms with Crippen molar-refractivity contribution in [3.63, 3.8) is 0 Å². The van der Waals surface area contributed by atoms with Gasteiger partial charge in [0.25, 0.3) is 5.91 Å². The first-order chi connectivity index (χ1) is 14.6. The number of anilines is 2. The van der Waals surface area contributed by atoms with E-state index in [1.807, 2.05) is 36.4 Å². The molecule has 1 aliphatic rings. The normalized spacial score (nSPS) is 15.3. The van der Waals surface area contributed by atoms with Crippen molar-refractivity contribution in [1.82, 2.24) is 5.32 Å². The average molecular weight is 444 g/mol. The fourth-order valence-electron chi connectivity index (χ4n) is 3.46. The van der Waals surface area contributed by atoms with E-state index in [0.717, 1.165) is 24.1 Å². The van der Waals surface area contributed by atoms with Gasteiger partial charge in [0.15, 0.2) is 0 Å². The van der Waals surface area contributed by atoms with Gasteiger partial charge >= 0.3 is 0 Å². The number of benzene rings is 2. The molecule has 0 aliphatic heterocycles. The summed E-state index contributed by atoms with van der Waals surface area (Å²) < 4.78 is 26.3. The van der Waals surface area contributed by atoms with E-state index in [-0.39, 0.29) is 5.91 Å². The van der Waals surface area contributed by atoms with E-state index in [4.69, 9.17) is 0 Å². The molecule has 7 heteroatoms. The molecule has 2 aromatic rings. The topological polar surface area (TPSA) is 87.3 Å². The quantitative estimate of drug-likeness (QED) is 0.568. The van der Waals surface area contributed by atoms with E-state index in [1.165, 1.54) is 19.3 Å². The van der Waals surface area contributed by atoms with Gasteiger partial charge in [-0.05, 0) is 75.6 Å². The lowest BCUT2D eigenvalue weighted by Crippen LogP contribution is -2.36. The molecule has 1 aliphatic carbocycles. The zero-order valence-electron chi connectivity index (χ0n) is 18.6. The first-order valence-electron chi connectivity index (χ1n) is 10.9. The Morgan fingerprint density at radius 2 is 1.48 bits per heavy atom. The summed E-state index contributed by atoms with van der Waals surface area (Å²) >= 11 is 0. The van der Waals surface area contributed by atoms with E-state index in [0.29, 0.717) is 23.8 Å². The molecule has 3 rings (SSSR count). The summed E-state index contributed by atoms with van der Waals surface area (Å²) in [5.41, 5.74) is 3.17. The van der Waals surface area contributed by atoms with Gasteiger partial charge in [0.2, 0.25) is 10.0 Å². The maximum atomic E-state index is 12.4. The molecule has 1 saturated carbocycles. The zero-order chi connectivity index (χ0) is 22.5. The monoisotopic (exact) mass is 443 g/mol. The number of hydrogen-bond acceptors (Lipinski definition) is 4. The van der Waals surface area contributed by atoms with Gasteiger partial charge in [-0.15, -0.1) is 0 Å². The Kier molecular flexibility index (Phi) is 7.26. The molecule has 1 amide bonds. The highest BCUT2D eigenvalue weighted by Crippen LogP contribution is 2.21. The third kappa shape index (κ3) is 6.47. The Balaban J connectivity index is 1.51. The molecule has 168 valence electrons. The second-order valence-electron chi connectivity index (χ2n) is 9.15. The predicted molar refractivity (Wildman–Crippen MR) is 127 cm³/mol. The fraction of sp³-hybridized carbons (Fsp3) is 0.458. The molecular formula is C24H33N3O3S. The summed E-state index contributed by atoms with van der Waals surface area (Å²) in [5.74, 6) is -0.00764. The van der Waals surface area contributed by atoms with Crippen molar-refractivity contribution < 1.29 is 13.2 Å². The lowest BCUT2D eigenvalue weighted by Gasteiger charge is -2.22. The highest BCUT2D eigenvalue weighted by atomic mass is 32.2. The van der Waals surface area contributed by atoms with Gasteiger partial charge in [0, 0.05) is 29.5 Å². The number of sulfonamides is 1. The van der Waals surface area contributed by atoms with Crippen LogP contribution >= 0.6 is 0 Å². The Morgan fingerprint density at radius 3 is 2.06 bits per heavy atom. The molecule has 0 saturated heterocycles. The van der Waals surface area contributed by atoms with E-state index < -0.39 is 14.8 Å². The minimum Gasteiger partial charge on any atom is -0.381 e. The molecule has 0 unspecified atom stereocenters. The van der Waals surface area contributed by atoms with Crippen LogP contribution in [0.1, 0.15) is 68.8 Å². The van der Waals surface area contributed by atoms with Gasteiger partial charge < -0.3 is 10.6 Å². The molecular weight excluding hydrogens is 410 g/mol. The number of nitrogens with one attached hydrogen (secondary N) is 3. The number of rotatable bonds is 7. The minimum absolute atomic E-state index is 0.00764. The predicted octanol–water partition coefficient (Wildman–Crippen LogP) is 4.90. The Labute approximate surface area is 185 Å². The van der Waals surface area contributed by atoms with Crippen LogP contribution in [0.15, 0.2) is 48.5 Å². The van der Waals surface area contributed by atoms with Crippen LogP contribution in [0.25, 0.3) is 0 Å². The summed E-state index contributed by atoms with van der Waals surface area (Å²) in [4.78, 5) is 12.4. The van der Waals surface area contributed by atoms with E-state index >= 15 is 0 Å². The van der Waals surface area contributed by atoms with Gasteiger partial charge in [-0.3, -0.25) is 9.52 Å². The highest BCUT2D eigenvalue weighted by molar-refractivity contribution is 7.94. The summed E-state index contributed by atoms with van der Waals surface area (Å²) in [6, 6.07) is 15.1. The molecule has 0 radical (unpaired) electrons. The van der Waals surface area contributed by atoms with Gasteiger partial charge in [-0.2, -0.15) is 0 Å². The Bertz CT molecular complexity index is 972. The second kappa shape index (κ2) is 9.73. The third-order valence-corrected chi connectivity index (χ3v) is 7.71. The van der Waals surface area contributed by atoms with E-state index in [9.17, 15) is 13.2 Å². The van der Waals surface area contributed by atoms with E-state index in [2.05, 4.69) is 15.4 Å². The maximum Gasteiger partial charge on any atom is 0.251 e. The van der Waals surface area contributed by atoms with Crippen LogP contribution in [-0.2, 0) is 16.6 Å². The van der Waals surface area contributed by atoms with Crippen molar-refractivity contribution in [3.05, 3.63) is 59.7 Å².